The number of Topliss-reactive ketones (excluding diaryl/α,β-unsaturated/α-hetero) is 1. The molecule has 0 bridgehead atoms. The summed E-state index contributed by atoms with van der Waals surface area (Å²) in [5, 5.41) is 11.2. The van der Waals surface area contributed by atoms with Crippen LogP contribution in [0.4, 0.5) is 16.4 Å². The van der Waals surface area contributed by atoms with E-state index in [2.05, 4.69) is 30.9 Å². The first-order valence-electron chi connectivity index (χ1n) is 11.5. The molecule has 2 atom stereocenters. The third kappa shape index (κ3) is 5.42. The first kappa shape index (κ1) is 23.6. The van der Waals surface area contributed by atoms with E-state index in [1.165, 1.54) is 11.3 Å². The molecule has 0 spiro atoms. The molecule has 2 amide bonds. The highest BCUT2D eigenvalue weighted by molar-refractivity contribution is 7.13. The molecule has 11 heteroatoms. The van der Waals surface area contributed by atoms with Crippen molar-refractivity contribution in [2.45, 2.75) is 12.5 Å². The van der Waals surface area contributed by atoms with Crippen LogP contribution in [0.25, 0.3) is 10.6 Å². The Balaban J connectivity index is 1.26. The minimum absolute atomic E-state index is 0.0216. The van der Waals surface area contributed by atoms with Crippen LogP contribution in [0.3, 0.4) is 0 Å². The van der Waals surface area contributed by atoms with Gasteiger partial charge in [0.1, 0.15) is 16.6 Å². The van der Waals surface area contributed by atoms with Crippen molar-refractivity contribution in [2.75, 3.05) is 23.7 Å². The number of hydrogen-bond acceptors (Lipinski definition) is 8. The molecule has 0 saturated carbocycles. The van der Waals surface area contributed by atoms with Gasteiger partial charge in [-0.1, -0.05) is 6.07 Å². The van der Waals surface area contributed by atoms with E-state index in [-0.39, 0.29) is 17.6 Å². The minimum atomic E-state index is -0.688. The second-order valence-electron chi connectivity index (χ2n) is 8.37. The molecule has 1 aliphatic heterocycles. The van der Waals surface area contributed by atoms with Crippen molar-refractivity contribution in [1.29, 1.82) is 0 Å². The summed E-state index contributed by atoms with van der Waals surface area (Å²) >= 11 is 1.42. The molecule has 10 nitrogen and oxygen atoms in total. The van der Waals surface area contributed by atoms with Gasteiger partial charge in [-0.25, -0.2) is 9.78 Å². The Morgan fingerprint density at radius 3 is 2.69 bits per heavy atom. The number of hydrogen-bond donors (Lipinski definition) is 3. The third-order valence-corrected chi connectivity index (χ3v) is 6.76. The number of amides is 2. The summed E-state index contributed by atoms with van der Waals surface area (Å²) in [5.74, 6) is 0.916. The van der Waals surface area contributed by atoms with Crippen LogP contribution in [0, 0.1) is 5.92 Å². The Kier molecular flexibility index (Phi) is 7.01. The molecule has 1 fully saturated rings. The number of nitrogens with one attached hydrogen (secondary N) is 3. The number of nitrogens with zero attached hydrogens (tertiary/aromatic N) is 4. The van der Waals surface area contributed by atoms with Crippen LogP contribution in [0.2, 0.25) is 0 Å². The number of aromatic nitrogens is 4. The highest BCUT2D eigenvalue weighted by Crippen LogP contribution is 2.26. The van der Waals surface area contributed by atoms with Crippen molar-refractivity contribution < 1.29 is 14.3 Å². The second-order valence-corrected chi connectivity index (χ2v) is 9.23. The Bertz CT molecular complexity index is 1350. The van der Waals surface area contributed by atoms with E-state index in [1.807, 2.05) is 31.4 Å². The van der Waals surface area contributed by atoms with Gasteiger partial charge in [0.05, 0.1) is 5.69 Å². The van der Waals surface area contributed by atoms with Crippen LogP contribution in [0.1, 0.15) is 16.9 Å². The van der Waals surface area contributed by atoms with Gasteiger partial charge in [-0.05, 0) is 43.3 Å². The number of ether oxygens (including phenoxy) is 1. The average molecular weight is 504 g/mol. The summed E-state index contributed by atoms with van der Waals surface area (Å²) in [7, 11) is 1.83. The monoisotopic (exact) mass is 503 g/mol. The summed E-state index contributed by atoms with van der Waals surface area (Å²) < 4.78 is 7.92. The molecule has 4 aromatic heterocycles. The zero-order chi connectivity index (χ0) is 24.9. The number of urea groups is 1. The summed E-state index contributed by atoms with van der Waals surface area (Å²) in [6, 6.07) is 11.9. The molecule has 1 saturated heterocycles. The number of carbonyl (C=O) groups is 2. The lowest BCUT2D eigenvalue weighted by molar-refractivity contribution is 0.0674. The van der Waals surface area contributed by atoms with Gasteiger partial charge in [-0.3, -0.25) is 20.4 Å². The van der Waals surface area contributed by atoms with Crippen molar-refractivity contribution in [1.82, 2.24) is 24.8 Å². The molecule has 2 unspecified atom stereocenters. The van der Waals surface area contributed by atoms with E-state index >= 15 is 0 Å². The highest BCUT2D eigenvalue weighted by atomic mass is 32.1. The van der Waals surface area contributed by atoms with Crippen molar-refractivity contribution in [3.05, 3.63) is 72.1 Å². The molecule has 1 aliphatic rings. The number of aryl methyl sites for hydroxylation is 1. The second kappa shape index (κ2) is 10.7. The van der Waals surface area contributed by atoms with Crippen molar-refractivity contribution >= 4 is 34.8 Å². The molecule has 184 valence electrons. The highest BCUT2D eigenvalue weighted by Gasteiger charge is 2.34. The predicted octanol–water partition coefficient (Wildman–Crippen LogP) is 3.82. The summed E-state index contributed by atoms with van der Waals surface area (Å²) in [4.78, 5) is 38.7. The van der Waals surface area contributed by atoms with Crippen LogP contribution >= 0.6 is 11.3 Å². The lowest BCUT2D eigenvalue weighted by Gasteiger charge is -2.23. The molecule has 4 aromatic rings. The molecule has 0 radical (unpaired) electrons. The van der Waals surface area contributed by atoms with Crippen LogP contribution in [0.5, 0.6) is 5.88 Å². The molecule has 5 rings (SSSR count). The van der Waals surface area contributed by atoms with Crippen LogP contribution in [0.15, 0.2) is 66.4 Å². The number of thiazole rings is 1. The van der Waals surface area contributed by atoms with E-state index in [9.17, 15) is 9.59 Å². The Labute approximate surface area is 211 Å². The zero-order valence-electron chi connectivity index (χ0n) is 19.5. The first-order valence-corrected chi connectivity index (χ1v) is 12.4. The summed E-state index contributed by atoms with van der Waals surface area (Å²) in [6.07, 6.45) is 5.36. The van der Waals surface area contributed by atoms with Gasteiger partial charge in [0, 0.05) is 55.1 Å². The van der Waals surface area contributed by atoms with Crippen LogP contribution in [-0.2, 0) is 7.05 Å². The van der Waals surface area contributed by atoms with Gasteiger partial charge in [0.15, 0.2) is 6.10 Å². The molecule has 3 N–H and O–H groups in total. The maximum Gasteiger partial charge on any atom is 0.326 e. The fourth-order valence-corrected chi connectivity index (χ4v) is 4.82. The SMILES string of the molecule is Cn1cccc1C(=O)C(Oc1cccc(NC(=O)Nc2csc(-c3ccncc3)n2)n1)C1CCNC1. The van der Waals surface area contributed by atoms with E-state index < -0.39 is 12.1 Å². The van der Waals surface area contributed by atoms with Gasteiger partial charge in [0.2, 0.25) is 11.7 Å². The van der Waals surface area contributed by atoms with E-state index in [4.69, 9.17) is 4.74 Å². The van der Waals surface area contributed by atoms with Crippen molar-refractivity contribution in [3.63, 3.8) is 0 Å². The lowest BCUT2D eigenvalue weighted by Crippen LogP contribution is -2.37. The Hall–Kier alpha value is -4.09. The molecular formula is C25H25N7O3S. The zero-order valence-corrected chi connectivity index (χ0v) is 20.4. The van der Waals surface area contributed by atoms with Gasteiger partial charge < -0.3 is 14.6 Å². The lowest BCUT2D eigenvalue weighted by atomic mass is 9.96. The third-order valence-electron chi connectivity index (χ3n) is 5.87. The Morgan fingerprint density at radius 1 is 1.11 bits per heavy atom. The maximum absolute atomic E-state index is 13.3. The number of rotatable bonds is 8. The van der Waals surface area contributed by atoms with Gasteiger partial charge in [0.25, 0.3) is 0 Å². The largest absolute Gasteiger partial charge is 0.465 e. The average Bonchev–Trinajstić information content (AvgIpc) is 3.66. The topological polar surface area (TPSA) is 123 Å². The van der Waals surface area contributed by atoms with E-state index in [0.717, 1.165) is 23.5 Å². The van der Waals surface area contributed by atoms with Crippen molar-refractivity contribution in [3.8, 4) is 16.5 Å². The Morgan fingerprint density at radius 2 is 1.94 bits per heavy atom. The summed E-state index contributed by atoms with van der Waals surface area (Å²) in [6.45, 7) is 1.52. The fourth-order valence-electron chi connectivity index (χ4n) is 4.06. The van der Waals surface area contributed by atoms with Gasteiger partial charge in [-0.2, -0.15) is 4.98 Å². The smallest absolute Gasteiger partial charge is 0.326 e. The molecular weight excluding hydrogens is 478 g/mol. The van der Waals surface area contributed by atoms with Crippen LogP contribution < -0.4 is 20.7 Å². The quantitative estimate of drug-likeness (QED) is 0.312. The predicted molar refractivity (Wildman–Crippen MR) is 137 cm³/mol. The number of ketones is 1. The normalized spacial score (nSPS) is 15.9. The number of anilines is 2. The molecule has 0 aromatic carbocycles. The maximum atomic E-state index is 13.3. The van der Waals surface area contributed by atoms with E-state index in [1.54, 1.807) is 46.6 Å². The minimum Gasteiger partial charge on any atom is -0.465 e. The van der Waals surface area contributed by atoms with Crippen molar-refractivity contribution in [2.24, 2.45) is 13.0 Å². The molecule has 5 heterocycles. The summed E-state index contributed by atoms with van der Waals surface area (Å²) in [5.41, 5.74) is 1.50. The number of carbonyl (C=O) groups excluding carboxylic acids is 2. The standard InChI is InChI=1S/C25H25N7O3S/c1-32-13-3-4-18(32)22(33)23(17-9-12-27-14-17)35-21-6-2-5-19(28-21)30-25(34)31-20-15-36-24(29-20)16-7-10-26-11-8-16/h2-8,10-11,13,15,17,23,27H,9,12,14H2,1H3,(H2,28,30,31,34). The first-order chi connectivity index (χ1) is 17.6. The number of pyridine rings is 2. The van der Waals surface area contributed by atoms with Gasteiger partial charge >= 0.3 is 6.03 Å². The van der Waals surface area contributed by atoms with E-state index in [0.29, 0.717) is 23.9 Å². The van der Waals surface area contributed by atoms with Crippen LogP contribution in [-0.4, -0.2) is 50.5 Å². The van der Waals surface area contributed by atoms with Gasteiger partial charge in [-0.15, -0.1) is 11.3 Å². The molecule has 36 heavy (non-hydrogen) atoms. The fraction of sp³-hybridized carbons (Fsp3) is 0.240. The molecule has 0 aliphatic carbocycles.